The van der Waals surface area contributed by atoms with Crippen LogP contribution in [0.3, 0.4) is 0 Å². The minimum atomic E-state index is -0.0172. The van der Waals surface area contributed by atoms with Crippen molar-refractivity contribution in [3.63, 3.8) is 0 Å². The number of carbonyl (C=O) groups excluding carboxylic acids is 1. The topological polar surface area (TPSA) is 32.3 Å². The first-order chi connectivity index (χ1) is 12.1. The lowest BCUT2D eigenvalue weighted by Crippen LogP contribution is -2.22. The standard InChI is InChI=1S/C22H28N2O/c1-17(2)20-9-11-21(12-10-20)22(25)23-15-18-5-7-19(8-6-18)16-24-13-3-4-14-24/h5-12,17H,3-4,13-16H2,1-2H3,(H,23,25). The second-order valence-electron chi connectivity index (χ2n) is 7.26. The van der Waals surface area contributed by atoms with Crippen molar-refractivity contribution in [2.45, 2.75) is 45.7 Å². The zero-order valence-corrected chi connectivity index (χ0v) is 15.3. The van der Waals surface area contributed by atoms with E-state index in [4.69, 9.17) is 0 Å². The van der Waals surface area contributed by atoms with E-state index >= 15 is 0 Å². The largest absolute Gasteiger partial charge is 0.348 e. The number of likely N-dealkylation sites (tertiary alicyclic amines) is 1. The highest BCUT2D eigenvalue weighted by atomic mass is 16.1. The molecule has 0 radical (unpaired) electrons. The average molecular weight is 336 g/mol. The number of nitrogens with one attached hydrogen (secondary N) is 1. The summed E-state index contributed by atoms with van der Waals surface area (Å²) < 4.78 is 0. The number of benzene rings is 2. The highest BCUT2D eigenvalue weighted by Gasteiger charge is 2.11. The van der Waals surface area contributed by atoms with Gasteiger partial charge in [-0.15, -0.1) is 0 Å². The zero-order chi connectivity index (χ0) is 17.6. The third kappa shape index (κ3) is 4.93. The molecule has 1 amide bonds. The van der Waals surface area contributed by atoms with E-state index in [1.807, 2.05) is 24.3 Å². The number of carbonyl (C=O) groups is 1. The van der Waals surface area contributed by atoms with Crippen LogP contribution in [-0.4, -0.2) is 23.9 Å². The summed E-state index contributed by atoms with van der Waals surface area (Å²) in [6, 6.07) is 16.5. The van der Waals surface area contributed by atoms with E-state index in [0.29, 0.717) is 12.5 Å². The van der Waals surface area contributed by atoms with Gasteiger partial charge >= 0.3 is 0 Å². The number of hydrogen-bond acceptors (Lipinski definition) is 2. The first-order valence-corrected chi connectivity index (χ1v) is 9.30. The van der Waals surface area contributed by atoms with Crippen LogP contribution in [-0.2, 0) is 13.1 Å². The third-order valence-corrected chi connectivity index (χ3v) is 4.92. The minimum Gasteiger partial charge on any atom is -0.348 e. The molecule has 0 aliphatic carbocycles. The molecule has 0 saturated carbocycles. The highest BCUT2D eigenvalue weighted by Crippen LogP contribution is 2.15. The van der Waals surface area contributed by atoms with Gasteiger partial charge in [-0.1, -0.05) is 50.2 Å². The van der Waals surface area contributed by atoms with Gasteiger partial charge in [0.2, 0.25) is 0 Å². The van der Waals surface area contributed by atoms with Gasteiger partial charge in [-0.3, -0.25) is 9.69 Å². The smallest absolute Gasteiger partial charge is 0.251 e. The van der Waals surface area contributed by atoms with Crippen molar-refractivity contribution in [2.75, 3.05) is 13.1 Å². The molecule has 1 saturated heterocycles. The molecule has 1 heterocycles. The Labute approximate surface area is 151 Å². The Morgan fingerprint density at radius 2 is 1.56 bits per heavy atom. The maximum Gasteiger partial charge on any atom is 0.251 e. The van der Waals surface area contributed by atoms with Gasteiger partial charge in [0.15, 0.2) is 0 Å². The molecule has 1 N–H and O–H groups in total. The van der Waals surface area contributed by atoms with E-state index in [9.17, 15) is 4.79 Å². The van der Waals surface area contributed by atoms with Gasteiger partial charge in [-0.05, 0) is 60.7 Å². The number of hydrogen-bond donors (Lipinski definition) is 1. The summed E-state index contributed by atoms with van der Waals surface area (Å²) in [6.45, 7) is 8.34. The van der Waals surface area contributed by atoms with Gasteiger partial charge in [-0.2, -0.15) is 0 Å². The molecule has 3 nitrogen and oxygen atoms in total. The molecule has 1 aliphatic heterocycles. The predicted molar refractivity (Wildman–Crippen MR) is 103 cm³/mol. The lowest BCUT2D eigenvalue weighted by atomic mass is 10.0. The van der Waals surface area contributed by atoms with E-state index in [2.05, 4.69) is 48.3 Å². The van der Waals surface area contributed by atoms with Crippen molar-refractivity contribution in [2.24, 2.45) is 0 Å². The second kappa shape index (κ2) is 8.30. The molecule has 3 heteroatoms. The molecule has 132 valence electrons. The molecule has 2 aromatic carbocycles. The normalized spacial score (nSPS) is 14.8. The molecule has 0 unspecified atom stereocenters. The van der Waals surface area contributed by atoms with Crippen LogP contribution in [0, 0.1) is 0 Å². The van der Waals surface area contributed by atoms with Crippen LogP contribution >= 0.6 is 0 Å². The molecule has 0 bridgehead atoms. The Kier molecular flexibility index (Phi) is 5.87. The van der Waals surface area contributed by atoms with Crippen LogP contribution in [0.4, 0.5) is 0 Å². The van der Waals surface area contributed by atoms with Gasteiger partial charge < -0.3 is 5.32 Å². The molecular weight excluding hydrogens is 308 g/mol. The average Bonchev–Trinajstić information content (AvgIpc) is 3.14. The molecule has 2 aromatic rings. The van der Waals surface area contributed by atoms with Gasteiger partial charge in [0.05, 0.1) is 0 Å². The first-order valence-electron chi connectivity index (χ1n) is 9.30. The first kappa shape index (κ1) is 17.7. The molecule has 3 rings (SSSR count). The molecule has 1 aliphatic rings. The van der Waals surface area contributed by atoms with E-state index in [-0.39, 0.29) is 5.91 Å². The lowest BCUT2D eigenvalue weighted by molar-refractivity contribution is 0.0951. The highest BCUT2D eigenvalue weighted by molar-refractivity contribution is 5.94. The fourth-order valence-electron chi connectivity index (χ4n) is 3.27. The Morgan fingerprint density at radius 1 is 0.960 bits per heavy atom. The minimum absolute atomic E-state index is 0.0172. The Bertz CT molecular complexity index is 683. The summed E-state index contributed by atoms with van der Waals surface area (Å²) in [5.74, 6) is 0.465. The summed E-state index contributed by atoms with van der Waals surface area (Å²) in [7, 11) is 0. The summed E-state index contributed by atoms with van der Waals surface area (Å²) in [6.07, 6.45) is 2.64. The van der Waals surface area contributed by atoms with Crippen LogP contribution in [0.15, 0.2) is 48.5 Å². The van der Waals surface area contributed by atoms with Crippen molar-refractivity contribution in [1.82, 2.24) is 10.2 Å². The molecule has 0 aromatic heterocycles. The zero-order valence-electron chi connectivity index (χ0n) is 15.3. The lowest BCUT2D eigenvalue weighted by Gasteiger charge is -2.14. The van der Waals surface area contributed by atoms with Gasteiger partial charge in [-0.25, -0.2) is 0 Å². The predicted octanol–water partition coefficient (Wildman–Crippen LogP) is 4.34. The molecular formula is C22H28N2O. The third-order valence-electron chi connectivity index (χ3n) is 4.92. The number of rotatable bonds is 6. The van der Waals surface area contributed by atoms with Gasteiger partial charge in [0, 0.05) is 18.7 Å². The molecule has 0 spiro atoms. The van der Waals surface area contributed by atoms with Crippen LogP contribution in [0.25, 0.3) is 0 Å². The quantitative estimate of drug-likeness (QED) is 0.851. The Balaban J connectivity index is 1.51. The van der Waals surface area contributed by atoms with Crippen molar-refractivity contribution in [3.8, 4) is 0 Å². The van der Waals surface area contributed by atoms with E-state index in [1.165, 1.54) is 37.1 Å². The van der Waals surface area contributed by atoms with Crippen molar-refractivity contribution in [1.29, 1.82) is 0 Å². The fourth-order valence-corrected chi connectivity index (χ4v) is 3.27. The Morgan fingerprint density at radius 3 is 2.16 bits per heavy atom. The summed E-state index contributed by atoms with van der Waals surface area (Å²) in [5.41, 5.74) is 4.46. The summed E-state index contributed by atoms with van der Waals surface area (Å²) >= 11 is 0. The molecule has 1 fully saturated rings. The monoisotopic (exact) mass is 336 g/mol. The van der Waals surface area contributed by atoms with Crippen molar-refractivity contribution < 1.29 is 4.79 Å². The number of nitrogens with zero attached hydrogens (tertiary/aromatic N) is 1. The van der Waals surface area contributed by atoms with E-state index in [1.54, 1.807) is 0 Å². The molecule has 0 atom stereocenters. The van der Waals surface area contributed by atoms with Crippen LogP contribution in [0.2, 0.25) is 0 Å². The fraction of sp³-hybridized carbons (Fsp3) is 0.409. The van der Waals surface area contributed by atoms with Crippen LogP contribution in [0.1, 0.15) is 59.7 Å². The Hall–Kier alpha value is -2.13. The maximum atomic E-state index is 12.3. The van der Waals surface area contributed by atoms with E-state index in [0.717, 1.165) is 17.7 Å². The summed E-state index contributed by atoms with van der Waals surface area (Å²) in [5, 5.41) is 3.01. The molecule has 25 heavy (non-hydrogen) atoms. The maximum absolute atomic E-state index is 12.3. The SMILES string of the molecule is CC(C)c1ccc(C(=O)NCc2ccc(CN3CCCC3)cc2)cc1. The summed E-state index contributed by atoms with van der Waals surface area (Å²) in [4.78, 5) is 14.8. The second-order valence-corrected chi connectivity index (χ2v) is 7.26. The van der Waals surface area contributed by atoms with Crippen molar-refractivity contribution >= 4 is 5.91 Å². The van der Waals surface area contributed by atoms with E-state index < -0.39 is 0 Å². The van der Waals surface area contributed by atoms with Crippen LogP contribution < -0.4 is 5.32 Å². The van der Waals surface area contributed by atoms with Crippen LogP contribution in [0.5, 0.6) is 0 Å². The van der Waals surface area contributed by atoms with Gasteiger partial charge in [0.25, 0.3) is 5.91 Å². The number of amides is 1. The van der Waals surface area contributed by atoms with Gasteiger partial charge in [0.1, 0.15) is 0 Å². The van der Waals surface area contributed by atoms with Crippen molar-refractivity contribution in [3.05, 3.63) is 70.8 Å².